The Morgan fingerprint density at radius 2 is 1.90 bits per heavy atom. The maximum atomic E-state index is 12.2. The van der Waals surface area contributed by atoms with E-state index in [1.54, 1.807) is 12.5 Å². The van der Waals surface area contributed by atoms with E-state index in [9.17, 15) is 4.55 Å². The van der Waals surface area contributed by atoms with Gasteiger partial charge in [0.05, 0.1) is 11.3 Å². The molecule has 0 bridgehead atoms. The summed E-state index contributed by atoms with van der Waals surface area (Å²) in [6, 6.07) is 15.3. The minimum absolute atomic E-state index is 0.641. The Hall–Kier alpha value is -1.55. The SMILES string of the molecule is C[S+]([O-])c1c(-c2ccccn2)ccc2ccc(Cl)cc12. The number of halogens is 1. The van der Waals surface area contributed by atoms with E-state index in [4.69, 9.17) is 11.6 Å². The molecule has 0 radical (unpaired) electrons. The molecule has 0 N–H and O–H groups in total. The number of pyridine rings is 1. The number of rotatable bonds is 2. The van der Waals surface area contributed by atoms with Gasteiger partial charge in [-0.2, -0.15) is 0 Å². The first-order valence-electron chi connectivity index (χ1n) is 6.14. The van der Waals surface area contributed by atoms with Crippen LogP contribution in [0.1, 0.15) is 0 Å². The molecule has 0 saturated carbocycles. The highest BCUT2D eigenvalue weighted by Crippen LogP contribution is 2.34. The van der Waals surface area contributed by atoms with E-state index in [1.807, 2.05) is 48.5 Å². The zero-order chi connectivity index (χ0) is 14.1. The molecular formula is C16H12ClNOS. The van der Waals surface area contributed by atoms with Crippen LogP contribution in [0.5, 0.6) is 0 Å². The molecular weight excluding hydrogens is 290 g/mol. The maximum Gasteiger partial charge on any atom is 0.169 e. The molecule has 0 saturated heterocycles. The van der Waals surface area contributed by atoms with Crippen molar-refractivity contribution < 1.29 is 4.55 Å². The number of aromatic nitrogens is 1. The zero-order valence-electron chi connectivity index (χ0n) is 10.8. The molecule has 3 rings (SSSR count). The molecule has 1 heterocycles. The van der Waals surface area contributed by atoms with Gasteiger partial charge in [-0.05, 0) is 46.9 Å². The Kier molecular flexibility index (Phi) is 3.66. The second kappa shape index (κ2) is 5.44. The summed E-state index contributed by atoms with van der Waals surface area (Å²) >= 11 is 4.96. The Morgan fingerprint density at radius 3 is 2.60 bits per heavy atom. The van der Waals surface area contributed by atoms with E-state index >= 15 is 0 Å². The van der Waals surface area contributed by atoms with Crippen molar-refractivity contribution in [1.29, 1.82) is 0 Å². The Bertz CT molecular complexity index is 759. The van der Waals surface area contributed by atoms with Gasteiger partial charge in [0.25, 0.3) is 0 Å². The highest BCUT2D eigenvalue weighted by molar-refractivity contribution is 7.91. The molecule has 0 aliphatic carbocycles. The number of fused-ring (bicyclic) bond motifs is 1. The first-order valence-corrected chi connectivity index (χ1v) is 8.07. The van der Waals surface area contributed by atoms with E-state index in [0.29, 0.717) is 5.02 Å². The highest BCUT2D eigenvalue weighted by Gasteiger charge is 2.18. The minimum atomic E-state index is -1.12. The molecule has 1 aromatic heterocycles. The van der Waals surface area contributed by atoms with Crippen molar-refractivity contribution in [2.75, 3.05) is 6.26 Å². The van der Waals surface area contributed by atoms with E-state index in [-0.39, 0.29) is 0 Å². The number of nitrogens with zero attached hydrogens (tertiary/aromatic N) is 1. The van der Waals surface area contributed by atoms with Gasteiger partial charge in [-0.15, -0.1) is 0 Å². The summed E-state index contributed by atoms with van der Waals surface area (Å²) in [5.41, 5.74) is 1.71. The summed E-state index contributed by atoms with van der Waals surface area (Å²) in [6.45, 7) is 0. The molecule has 20 heavy (non-hydrogen) atoms. The van der Waals surface area contributed by atoms with Gasteiger partial charge >= 0.3 is 0 Å². The maximum absolute atomic E-state index is 12.2. The average molecular weight is 302 g/mol. The molecule has 4 heteroatoms. The molecule has 3 aromatic rings. The van der Waals surface area contributed by atoms with Gasteiger partial charge in [0.1, 0.15) is 6.26 Å². The van der Waals surface area contributed by atoms with Crippen molar-refractivity contribution >= 4 is 33.5 Å². The van der Waals surface area contributed by atoms with Crippen molar-refractivity contribution in [3.05, 3.63) is 59.8 Å². The molecule has 2 aromatic carbocycles. The lowest BCUT2D eigenvalue weighted by molar-refractivity contribution is 0.602. The lowest BCUT2D eigenvalue weighted by Gasteiger charge is -2.13. The quantitative estimate of drug-likeness (QED) is 0.662. The summed E-state index contributed by atoms with van der Waals surface area (Å²) in [5, 5.41) is 2.59. The van der Waals surface area contributed by atoms with Crippen molar-refractivity contribution in [3.63, 3.8) is 0 Å². The van der Waals surface area contributed by atoms with Crippen LogP contribution in [0.3, 0.4) is 0 Å². The molecule has 2 nitrogen and oxygen atoms in total. The third-order valence-corrected chi connectivity index (χ3v) is 4.41. The summed E-state index contributed by atoms with van der Waals surface area (Å²) in [5.74, 6) is 0. The Labute approximate surface area is 125 Å². The predicted molar refractivity (Wildman–Crippen MR) is 84.5 cm³/mol. The van der Waals surface area contributed by atoms with Crippen LogP contribution in [-0.4, -0.2) is 15.8 Å². The monoisotopic (exact) mass is 301 g/mol. The van der Waals surface area contributed by atoms with Crippen molar-refractivity contribution in [2.45, 2.75) is 4.90 Å². The summed E-state index contributed by atoms with van der Waals surface area (Å²) in [7, 11) is 0. The lowest BCUT2D eigenvalue weighted by atomic mass is 10.0. The molecule has 0 amide bonds. The first kappa shape index (κ1) is 13.4. The molecule has 1 atom stereocenters. The molecule has 100 valence electrons. The number of hydrogen-bond acceptors (Lipinski definition) is 2. The summed E-state index contributed by atoms with van der Waals surface area (Å²) in [6.07, 6.45) is 3.42. The number of benzene rings is 2. The molecule has 0 aliphatic heterocycles. The topological polar surface area (TPSA) is 36.0 Å². The van der Waals surface area contributed by atoms with Crippen LogP contribution >= 0.6 is 11.6 Å². The second-order valence-corrected chi connectivity index (χ2v) is 6.23. The number of hydrogen-bond donors (Lipinski definition) is 0. The summed E-state index contributed by atoms with van der Waals surface area (Å²) < 4.78 is 12.2. The van der Waals surface area contributed by atoms with Crippen LogP contribution in [0.25, 0.3) is 22.0 Å². The Balaban J connectivity index is 2.35. The van der Waals surface area contributed by atoms with E-state index in [2.05, 4.69) is 4.98 Å². The molecule has 0 spiro atoms. The second-order valence-electron chi connectivity index (χ2n) is 4.48. The fraction of sp³-hybridized carbons (Fsp3) is 0.0625. The van der Waals surface area contributed by atoms with E-state index < -0.39 is 11.2 Å². The van der Waals surface area contributed by atoms with Crippen LogP contribution < -0.4 is 0 Å². The first-order chi connectivity index (χ1) is 9.66. The summed E-state index contributed by atoms with van der Waals surface area (Å²) in [4.78, 5) is 5.14. The standard InChI is InChI=1S/C16H12ClNOS/c1-20(19)16-13(15-4-2-3-9-18-15)8-6-11-5-7-12(17)10-14(11)16/h2-10H,1H3. The highest BCUT2D eigenvalue weighted by atomic mass is 35.5. The van der Waals surface area contributed by atoms with Gasteiger partial charge in [0.15, 0.2) is 4.90 Å². The average Bonchev–Trinajstić information content (AvgIpc) is 2.46. The van der Waals surface area contributed by atoms with E-state index in [1.165, 1.54) is 0 Å². The van der Waals surface area contributed by atoms with Crippen molar-refractivity contribution in [1.82, 2.24) is 4.98 Å². The normalized spacial score (nSPS) is 12.6. The predicted octanol–water partition coefficient (Wildman–Crippen LogP) is 4.29. The van der Waals surface area contributed by atoms with Gasteiger partial charge in [-0.25, -0.2) is 0 Å². The van der Waals surface area contributed by atoms with Gasteiger partial charge < -0.3 is 4.55 Å². The van der Waals surface area contributed by atoms with Crippen LogP contribution in [0.4, 0.5) is 0 Å². The van der Waals surface area contributed by atoms with Crippen LogP contribution in [0.2, 0.25) is 5.02 Å². The largest absolute Gasteiger partial charge is 0.612 e. The van der Waals surface area contributed by atoms with E-state index in [0.717, 1.165) is 26.9 Å². The third-order valence-electron chi connectivity index (χ3n) is 3.16. The molecule has 1 unspecified atom stereocenters. The Morgan fingerprint density at radius 1 is 1.10 bits per heavy atom. The van der Waals surface area contributed by atoms with Gasteiger partial charge in [0.2, 0.25) is 0 Å². The smallest absolute Gasteiger partial charge is 0.169 e. The van der Waals surface area contributed by atoms with Crippen LogP contribution in [-0.2, 0) is 11.2 Å². The van der Waals surface area contributed by atoms with Gasteiger partial charge in [-0.1, -0.05) is 29.8 Å². The van der Waals surface area contributed by atoms with Crippen molar-refractivity contribution in [2.24, 2.45) is 0 Å². The van der Waals surface area contributed by atoms with Crippen LogP contribution in [0, 0.1) is 0 Å². The molecule has 0 aliphatic rings. The van der Waals surface area contributed by atoms with Crippen molar-refractivity contribution in [3.8, 4) is 11.3 Å². The fourth-order valence-corrected chi connectivity index (χ4v) is 3.44. The third kappa shape index (κ3) is 2.40. The van der Waals surface area contributed by atoms with Gasteiger partial charge in [0, 0.05) is 16.6 Å². The molecule has 0 fully saturated rings. The zero-order valence-corrected chi connectivity index (χ0v) is 12.4. The minimum Gasteiger partial charge on any atom is -0.612 e. The van der Waals surface area contributed by atoms with Gasteiger partial charge in [-0.3, -0.25) is 4.98 Å². The van der Waals surface area contributed by atoms with Crippen LogP contribution in [0.15, 0.2) is 59.6 Å². The fourth-order valence-electron chi connectivity index (χ4n) is 2.30. The lowest BCUT2D eigenvalue weighted by Crippen LogP contribution is -2.02.